The second-order valence-corrected chi connectivity index (χ2v) is 7.27. The van der Waals surface area contributed by atoms with Gasteiger partial charge >= 0.3 is 0 Å². The first-order valence-electron chi connectivity index (χ1n) is 9.17. The van der Waals surface area contributed by atoms with Crippen LogP contribution in [-0.4, -0.2) is 41.2 Å². The van der Waals surface area contributed by atoms with Crippen LogP contribution in [0.2, 0.25) is 0 Å². The molecule has 1 aromatic heterocycles. The lowest BCUT2D eigenvalue weighted by atomic mass is 10.1. The summed E-state index contributed by atoms with van der Waals surface area (Å²) in [5.74, 6) is 0. The predicted octanol–water partition coefficient (Wildman–Crippen LogP) is 4.71. The SMILES string of the molecule is CC1CN(CCCn2c3ccccc3c3ccccc32)CC(C)N1.Cl.Cl. The summed E-state index contributed by atoms with van der Waals surface area (Å²) in [6.45, 7) is 9.16. The Morgan fingerprint density at radius 1 is 0.808 bits per heavy atom. The van der Waals surface area contributed by atoms with Gasteiger partial charge in [0.25, 0.3) is 0 Å². The summed E-state index contributed by atoms with van der Waals surface area (Å²) in [4.78, 5) is 2.61. The van der Waals surface area contributed by atoms with E-state index in [4.69, 9.17) is 0 Å². The van der Waals surface area contributed by atoms with Gasteiger partial charge in [-0.1, -0.05) is 36.4 Å². The first-order chi connectivity index (χ1) is 11.7. The summed E-state index contributed by atoms with van der Waals surface area (Å²) in [6, 6.07) is 18.8. The van der Waals surface area contributed by atoms with Gasteiger partial charge in [0.1, 0.15) is 0 Å². The van der Waals surface area contributed by atoms with Gasteiger partial charge < -0.3 is 14.8 Å². The molecular weight excluding hydrogens is 365 g/mol. The molecule has 0 aliphatic carbocycles. The van der Waals surface area contributed by atoms with Gasteiger partial charge in [-0.25, -0.2) is 0 Å². The van der Waals surface area contributed by atoms with Gasteiger partial charge in [-0.05, 0) is 38.9 Å². The van der Waals surface area contributed by atoms with Crippen LogP contribution < -0.4 is 5.32 Å². The minimum Gasteiger partial charge on any atom is -0.340 e. The Morgan fingerprint density at radius 3 is 1.85 bits per heavy atom. The van der Waals surface area contributed by atoms with E-state index < -0.39 is 0 Å². The molecule has 0 radical (unpaired) electrons. The molecule has 3 nitrogen and oxygen atoms in total. The van der Waals surface area contributed by atoms with Gasteiger partial charge in [-0.15, -0.1) is 24.8 Å². The fourth-order valence-electron chi connectivity index (χ4n) is 4.32. The number of fused-ring (bicyclic) bond motifs is 3. The summed E-state index contributed by atoms with van der Waals surface area (Å²) < 4.78 is 2.50. The quantitative estimate of drug-likeness (QED) is 0.692. The lowest BCUT2D eigenvalue weighted by Gasteiger charge is -2.36. The molecule has 1 N–H and O–H groups in total. The van der Waals surface area contributed by atoms with Gasteiger partial charge in [-0.3, -0.25) is 0 Å². The van der Waals surface area contributed by atoms with Crippen LogP contribution in [0.4, 0.5) is 0 Å². The highest BCUT2D eigenvalue weighted by Gasteiger charge is 2.20. The Kier molecular flexibility index (Phi) is 7.36. The Balaban J connectivity index is 0.00000121. The fraction of sp³-hybridized carbons (Fsp3) is 0.429. The van der Waals surface area contributed by atoms with Crippen molar-refractivity contribution in [3.05, 3.63) is 48.5 Å². The van der Waals surface area contributed by atoms with E-state index in [1.54, 1.807) is 0 Å². The number of aryl methyl sites for hydroxylation is 1. The van der Waals surface area contributed by atoms with Crippen molar-refractivity contribution in [1.82, 2.24) is 14.8 Å². The molecule has 0 bridgehead atoms. The van der Waals surface area contributed by atoms with Crippen molar-refractivity contribution in [3.8, 4) is 0 Å². The van der Waals surface area contributed by atoms with Crippen LogP contribution in [0.5, 0.6) is 0 Å². The maximum atomic E-state index is 3.61. The van der Waals surface area contributed by atoms with E-state index in [0.717, 1.165) is 19.6 Å². The van der Waals surface area contributed by atoms with Gasteiger partial charge in [0.2, 0.25) is 0 Å². The van der Waals surface area contributed by atoms with Crippen LogP contribution >= 0.6 is 24.8 Å². The zero-order valence-corrected chi connectivity index (χ0v) is 17.2. The molecule has 2 atom stereocenters. The molecular formula is C21H29Cl2N3. The monoisotopic (exact) mass is 393 g/mol. The maximum absolute atomic E-state index is 3.61. The highest BCUT2D eigenvalue weighted by Crippen LogP contribution is 2.28. The molecule has 142 valence electrons. The number of aromatic nitrogens is 1. The van der Waals surface area contributed by atoms with E-state index in [-0.39, 0.29) is 24.8 Å². The molecule has 1 fully saturated rings. The molecule has 0 saturated carbocycles. The van der Waals surface area contributed by atoms with Gasteiger partial charge in [0, 0.05) is 53.5 Å². The highest BCUT2D eigenvalue weighted by molar-refractivity contribution is 6.07. The fourth-order valence-corrected chi connectivity index (χ4v) is 4.32. The molecule has 0 spiro atoms. The number of rotatable bonds is 4. The molecule has 1 saturated heterocycles. The first-order valence-corrected chi connectivity index (χ1v) is 9.17. The predicted molar refractivity (Wildman–Crippen MR) is 117 cm³/mol. The largest absolute Gasteiger partial charge is 0.340 e. The lowest BCUT2D eigenvalue weighted by molar-refractivity contribution is 0.170. The standard InChI is InChI=1S/C21H27N3.2ClH/c1-16-14-23(15-17(2)22-16)12-7-13-24-20-10-5-3-8-18(20)19-9-4-6-11-21(19)24;;/h3-6,8-11,16-17,22H,7,12-15H2,1-2H3;2*1H. The van der Waals surface area contributed by atoms with Crippen LogP contribution in [0.1, 0.15) is 20.3 Å². The van der Waals surface area contributed by atoms with Gasteiger partial charge in [-0.2, -0.15) is 0 Å². The Bertz CT molecular complexity index is 782. The topological polar surface area (TPSA) is 20.2 Å². The normalized spacial score (nSPS) is 20.7. The van der Waals surface area contributed by atoms with Crippen molar-refractivity contribution >= 4 is 46.6 Å². The van der Waals surface area contributed by atoms with Crippen LogP contribution in [0, 0.1) is 0 Å². The summed E-state index contributed by atoms with van der Waals surface area (Å²) in [7, 11) is 0. The zero-order valence-electron chi connectivity index (χ0n) is 15.5. The van der Waals surface area contributed by atoms with Crippen molar-refractivity contribution in [2.45, 2.75) is 38.9 Å². The molecule has 1 aliphatic rings. The highest BCUT2D eigenvalue weighted by atomic mass is 35.5. The van der Waals surface area contributed by atoms with E-state index in [0.29, 0.717) is 12.1 Å². The Morgan fingerprint density at radius 2 is 1.31 bits per heavy atom. The van der Waals surface area contributed by atoms with Gasteiger partial charge in [0.15, 0.2) is 0 Å². The third-order valence-electron chi connectivity index (χ3n) is 5.17. The van der Waals surface area contributed by atoms with Crippen LogP contribution in [0.15, 0.2) is 48.5 Å². The number of benzene rings is 2. The number of nitrogens with zero attached hydrogens (tertiary/aromatic N) is 2. The second kappa shape index (κ2) is 9.09. The Hall–Kier alpha value is -1.26. The van der Waals surface area contributed by atoms with E-state index >= 15 is 0 Å². The van der Waals surface area contributed by atoms with Crippen molar-refractivity contribution < 1.29 is 0 Å². The minimum atomic E-state index is 0. The second-order valence-electron chi connectivity index (χ2n) is 7.27. The van der Waals surface area contributed by atoms with Crippen LogP contribution in [0.3, 0.4) is 0 Å². The molecule has 26 heavy (non-hydrogen) atoms. The minimum absolute atomic E-state index is 0. The maximum Gasteiger partial charge on any atom is 0.0491 e. The van der Waals surface area contributed by atoms with Crippen molar-refractivity contribution in [2.24, 2.45) is 0 Å². The summed E-state index contributed by atoms with van der Waals surface area (Å²) in [5.41, 5.74) is 2.72. The third kappa shape index (κ3) is 4.17. The number of piperazine rings is 1. The number of para-hydroxylation sites is 2. The summed E-state index contributed by atoms with van der Waals surface area (Å²) >= 11 is 0. The van der Waals surface area contributed by atoms with Crippen molar-refractivity contribution in [2.75, 3.05) is 19.6 Å². The number of nitrogens with one attached hydrogen (secondary N) is 1. The molecule has 0 amide bonds. The van der Waals surface area contributed by atoms with Gasteiger partial charge in [0.05, 0.1) is 0 Å². The number of halogens is 2. The van der Waals surface area contributed by atoms with Crippen molar-refractivity contribution in [3.63, 3.8) is 0 Å². The van der Waals surface area contributed by atoms with Crippen LogP contribution in [0.25, 0.3) is 21.8 Å². The van der Waals surface area contributed by atoms with E-state index in [2.05, 4.69) is 77.2 Å². The first kappa shape index (κ1) is 21.0. The lowest BCUT2D eigenvalue weighted by Crippen LogP contribution is -2.54. The smallest absolute Gasteiger partial charge is 0.0491 e. The number of hydrogen-bond acceptors (Lipinski definition) is 2. The summed E-state index contributed by atoms with van der Waals surface area (Å²) in [5, 5.41) is 6.36. The zero-order chi connectivity index (χ0) is 16.5. The van der Waals surface area contributed by atoms with E-state index in [1.807, 2.05) is 0 Å². The average Bonchev–Trinajstić information content (AvgIpc) is 2.89. The Labute approximate surface area is 168 Å². The number of hydrogen-bond donors (Lipinski definition) is 1. The third-order valence-corrected chi connectivity index (χ3v) is 5.17. The molecule has 5 heteroatoms. The van der Waals surface area contributed by atoms with Crippen molar-refractivity contribution in [1.29, 1.82) is 0 Å². The molecule has 4 rings (SSSR count). The molecule has 1 aliphatic heterocycles. The van der Waals surface area contributed by atoms with E-state index in [1.165, 1.54) is 34.8 Å². The molecule has 3 aromatic rings. The van der Waals surface area contributed by atoms with Crippen LogP contribution in [-0.2, 0) is 6.54 Å². The van der Waals surface area contributed by atoms with E-state index in [9.17, 15) is 0 Å². The molecule has 2 unspecified atom stereocenters. The summed E-state index contributed by atoms with van der Waals surface area (Å²) in [6.07, 6.45) is 1.20. The average molecular weight is 394 g/mol. The molecule has 2 aromatic carbocycles. The molecule has 2 heterocycles.